The van der Waals surface area contributed by atoms with E-state index in [1.165, 1.54) is 10.8 Å². The second kappa shape index (κ2) is 7.11. The molecule has 1 N–H and O–H groups in total. The van der Waals surface area contributed by atoms with Gasteiger partial charge in [0.2, 0.25) is 5.91 Å². The molecule has 2 aromatic rings. The summed E-state index contributed by atoms with van der Waals surface area (Å²) < 4.78 is 0. The van der Waals surface area contributed by atoms with Gasteiger partial charge in [0.25, 0.3) is 0 Å². The van der Waals surface area contributed by atoms with E-state index in [1.54, 1.807) is 6.92 Å². The van der Waals surface area contributed by atoms with Gasteiger partial charge in [-0.15, -0.1) is 0 Å². The zero-order chi connectivity index (χ0) is 16.2. The molecule has 0 unspecified atom stereocenters. The smallest absolute Gasteiger partial charge is 0.227 e. The van der Waals surface area contributed by atoms with Gasteiger partial charge in [-0.25, -0.2) is 0 Å². The molecule has 4 heteroatoms. The highest BCUT2D eigenvalue weighted by molar-refractivity contribution is 5.85. The number of carbonyl (C=O) groups excluding carboxylic acids is 1. The lowest BCUT2D eigenvalue weighted by atomic mass is 10.0. The Morgan fingerprint density at radius 3 is 2.48 bits per heavy atom. The van der Waals surface area contributed by atoms with Crippen LogP contribution in [0.2, 0.25) is 0 Å². The number of β-amino-alcohol motifs (C(OH)–C–C–N with tert-alkyl or cyclic N) is 1. The highest BCUT2D eigenvalue weighted by Crippen LogP contribution is 2.16. The van der Waals surface area contributed by atoms with E-state index >= 15 is 0 Å². The lowest BCUT2D eigenvalue weighted by Gasteiger charge is -2.35. The predicted molar refractivity (Wildman–Crippen MR) is 92.4 cm³/mol. The number of aliphatic hydroxyl groups excluding tert-OH is 1. The van der Waals surface area contributed by atoms with Gasteiger partial charge in [-0.05, 0) is 23.3 Å². The first-order valence-electron chi connectivity index (χ1n) is 8.28. The van der Waals surface area contributed by atoms with Crippen molar-refractivity contribution >= 4 is 16.7 Å². The van der Waals surface area contributed by atoms with E-state index in [1.807, 2.05) is 23.1 Å². The van der Waals surface area contributed by atoms with Crippen LogP contribution in [0.25, 0.3) is 10.8 Å². The second-order valence-corrected chi connectivity index (χ2v) is 6.39. The van der Waals surface area contributed by atoms with Crippen LogP contribution in [0.15, 0.2) is 42.5 Å². The van der Waals surface area contributed by atoms with Gasteiger partial charge in [0.05, 0.1) is 12.5 Å². The highest BCUT2D eigenvalue weighted by Gasteiger charge is 2.21. The predicted octanol–water partition coefficient (Wildman–Crippen LogP) is 1.91. The van der Waals surface area contributed by atoms with Gasteiger partial charge in [0.15, 0.2) is 0 Å². The highest BCUT2D eigenvalue weighted by atomic mass is 16.3. The van der Waals surface area contributed by atoms with Gasteiger partial charge >= 0.3 is 0 Å². The topological polar surface area (TPSA) is 43.8 Å². The van der Waals surface area contributed by atoms with Crippen molar-refractivity contribution in [2.24, 2.45) is 0 Å². The van der Waals surface area contributed by atoms with Crippen molar-refractivity contribution in [2.75, 3.05) is 32.7 Å². The normalized spacial score (nSPS) is 17.4. The molecule has 1 aliphatic rings. The van der Waals surface area contributed by atoms with Crippen molar-refractivity contribution in [3.05, 3.63) is 48.0 Å². The molecule has 1 atom stereocenters. The van der Waals surface area contributed by atoms with E-state index in [2.05, 4.69) is 29.2 Å². The fraction of sp³-hybridized carbons (Fsp3) is 0.421. The Morgan fingerprint density at radius 2 is 1.78 bits per heavy atom. The minimum Gasteiger partial charge on any atom is -0.392 e. The molecule has 0 radical (unpaired) electrons. The Kier molecular flexibility index (Phi) is 4.94. The van der Waals surface area contributed by atoms with E-state index in [-0.39, 0.29) is 12.0 Å². The average Bonchev–Trinajstić information content (AvgIpc) is 2.55. The van der Waals surface area contributed by atoms with Crippen LogP contribution < -0.4 is 0 Å². The summed E-state index contributed by atoms with van der Waals surface area (Å²) in [6, 6.07) is 14.5. The SMILES string of the molecule is C[C@@H](O)CN1CCN(C(=O)Cc2ccc3ccccc3c2)CC1. The molecule has 0 saturated carbocycles. The third kappa shape index (κ3) is 4.09. The number of benzene rings is 2. The molecule has 0 spiro atoms. The molecule has 0 aliphatic carbocycles. The summed E-state index contributed by atoms with van der Waals surface area (Å²) in [6.45, 7) is 5.67. The van der Waals surface area contributed by atoms with Crippen LogP contribution in [0, 0.1) is 0 Å². The molecule has 1 heterocycles. The van der Waals surface area contributed by atoms with Gasteiger partial charge in [0, 0.05) is 32.7 Å². The number of fused-ring (bicyclic) bond motifs is 1. The second-order valence-electron chi connectivity index (χ2n) is 6.39. The van der Waals surface area contributed by atoms with Crippen LogP contribution in [0.3, 0.4) is 0 Å². The first-order valence-corrected chi connectivity index (χ1v) is 8.28. The van der Waals surface area contributed by atoms with Crippen LogP contribution >= 0.6 is 0 Å². The first-order chi connectivity index (χ1) is 11.1. The van der Waals surface area contributed by atoms with E-state index in [0.29, 0.717) is 13.0 Å². The fourth-order valence-corrected chi connectivity index (χ4v) is 3.19. The summed E-state index contributed by atoms with van der Waals surface area (Å²) >= 11 is 0. The molecule has 1 fully saturated rings. The molecular weight excluding hydrogens is 288 g/mol. The fourth-order valence-electron chi connectivity index (χ4n) is 3.19. The number of amides is 1. The number of rotatable bonds is 4. The zero-order valence-electron chi connectivity index (χ0n) is 13.6. The van der Waals surface area contributed by atoms with Crippen molar-refractivity contribution in [3.8, 4) is 0 Å². The van der Waals surface area contributed by atoms with E-state index < -0.39 is 0 Å². The molecule has 1 aliphatic heterocycles. The summed E-state index contributed by atoms with van der Waals surface area (Å²) in [7, 11) is 0. The van der Waals surface area contributed by atoms with Crippen molar-refractivity contribution in [1.82, 2.24) is 9.80 Å². The van der Waals surface area contributed by atoms with Crippen molar-refractivity contribution < 1.29 is 9.90 Å². The van der Waals surface area contributed by atoms with Crippen molar-refractivity contribution in [1.29, 1.82) is 0 Å². The molecule has 0 aromatic heterocycles. The van der Waals surface area contributed by atoms with E-state index in [9.17, 15) is 9.90 Å². The largest absolute Gasteiger partial charge is 0.392 e. The summed E-state index contributed by atoms with van der Waals surface area (Å²) in [5.74, 6) is 0.192. The Bertz CT molecular complexity index is 676. The Labute approximate surface area is 137 Å². The maximum absolute atomic E-state index is 12.5. The van der Waals surface area contributed by atoms with Gasteiger partial charge in [0.1, 0.15) is 0 Å². The number of carbonyl (C=O) groups is 1. The lowest BCUT2D eigenvalue weighted by Crippen LogP contribution is -2.50. The molecule has 1 saturated heterocycles. The van der Waals surface area contributed by atoms with Crippen molar-refractivity contribution in [3.63, 3.8) is 0 Å². The molecule has 23 heavy (non-hydrogen) atoms. The van der Waals surface area contributed by atoms with Crippen LogP contribution in [0.4, 0.5) is 0 Å². The molecular formula is C19H24N2O2. The Balaban J connectivity index is 1.58. The van der Waals surface area contributed by atoms with Crippen LogP contribution in [0.5, 0.6) is 0 Å². The molecule has 4 nitrogen and oxygen atoms in total. The van der Waals surface area contributed by atoms with Gasteiger partial charge in [-0.3, -0.25) is 9.69 Å². The lowest BCUT2D eigenvalue weighted by molar-refractivity contribution is -0.132. The molecule has 1 amide bonds. The monoisotopic (exact) mass is 312 g/mol. The summed E-state index contributed by atoms with van der Waals surface area (Å²) in [5.41, 5.74) is 1.07. The number of hydrogen-bond acceptors (Lipinski definition) is 3. The third-order valence-electron chi connectivity index (χ3n) is 4.42. The third-order valence-corrected chi connectivity index (χ3v) is 4.42. The van der Waals surface area contributed by atoms with Crippen LogP contribution in [-0.4, -0.2) is 59.6 Å². The van der Waals surface area contributed by atoms with Crippen LogP contribution in [0.1, 0.15) is 12.5 Å². The van der Waals surface area contributed by atoms with Gasteiger partial charge < -0.3 is 10.0 Å². The van der Waals surface area contributed by atoms with Crippen LogP contribution in [-0.2, 0) is 11.2 Å². The zero-order valence-corrected chi connectivity index (χ0v) is 13.6. The maximum Gasteiger partial charge on any atom is 0.227 e. The number of aliphatic hydroxyl groups is 1. The minimum absolute atomic E-state index is 0.192. The summed E-state index contributed by atoms with van der Waals surface area (Å²) in [5, 5.41) is 11.8. The van der Waals surface area contributed by atoms with Crippen molar-refractivity contribution in [2.45, 2.75) is 19.4 Å². The van der Waals surface area contributed by atoms with Gasteiger partial charge in [-0.2, -0.15) is 0 Å². The molecule has 2 aromatic carbocycles. The number of hydrogen-bond donors (Lipinski definition) is 1. The summed E-state index contributed by atoms with van der Waals surface area (Å²) in [6.07, 6.45) is 0.149. The Hall–Kier alpha value is -1.91. The summed E-state index contributed by atoms with van der Waals surface area (Å²) in [4.78, 5) is 16.6. The minimum atomic E-state index is -0.310. The molecule has 3 rings (SSSR count). The van der Waals surface area contributed by atoms with E-state index in [4.69, 9.17) is 0 Å². The number of piperazine rings is 1. The first kappa shape index (κ1) is 16.0. The number of nitrogens with zero attached hydrogens (tertiary/aromatic N) is 2. The van der Waals surface area contributed by atoms with Gasteiger partial charge in [-0.1, -0.05) is 42.5 Å². The standard InChI is InChI=1S/C19H24N2O2/c1-15(22)14-20-8-10-21(11-9-20)19(23)13-16-6-7-17-4-2-3-5-18(17)12-16/h2-7,12,15,22H,8-11,13-14H2,1H3/t15-/m1/s1. The molecule has 122 valence electrons. The molecule has 0 bridgehead atoms. The average molecular weight is 312 g/mol. The van der Waals surface area contributed by atoms with E-state index in [0.717, 1.165) is 31.7 Å². The quantitative estimate of drug-likeness (QED) is 0.938. The maximum atomic E-state index is 12.5. The Morgan fingerprint density at radius 1 is 1.09 bits per heavy atom.